The molecule has 0 fully saturated rings. The van der Waals surface area contributed by atoms with Gasteiger partial charge in [0.25, 0.3) is 0 Å². The highest BCUT2D eigenvalue weighted by Gasteiger charge is 2.47. The number of rotatable bonds is 7. The molecule has 0 bridgehead atoms. The van der Waals surface area contributed by atoms with Crippen LogP contribution in [0.15, 0.2) is 29.1 Å². The van der Waals surface area contributed by atoms with Crippen molar-refractivity contribution in [2.24, 2.45) is 16.5 Å². The van der Waals surface area contributed by atoms with Crippen LogP contribution in [0.1, 0.15) is 40.0 Å². The molecule has 0 radical (unpaired) electrons. The molecule has 1 atom stereocenters. The van der Waals surface area contributed by atoms with E-state index < -0.39 is 23.1 Å². The normalized spacial score (nSPS) is 21.7. The molecular formula is C16H23NO5. The molecule has 0 aromatic rings. The zero-order chi connectivity index (χ0) is 16.9. The van der Waals surface area contributed by atoms with Gasteiger partial charge in [-0.3, -0.25) is 9.59 Å². The molecule has 0 saturated carbocycles. The maximum absolute atomic E-state index is 12.4. The van der Waals surface area contributed by atoms with Crippen LogP contribution < -0.4 is 0 Å². The molecule has 0 aromatic heterocycles. The lowest BCUT2D eigenvalue weighted by Crippen LogP contribution is -2.41. The number of aliphatic hydroxyl groups excluding tert-OH is 1. The molecule has 1 unspecified atom stereocenters. The van der Waals surface area contributed by atoms with Gasteiger partial charge in [-0.05, 0) is 11.8 Å². The molecule has 2 N–H and O–H groups in total. The molecule has 22 heavy (non-hydrogen) atoms. The van der Waals surface area contributed by atoms with E-state index >= 15 is 0 Å². The van der Waals surface area contributed by atoms with E-state index in [2.05, 4.69) is 11.7 Å². The number of Topliss-reactive ketones (excluding diaryl/α,β-unsaturated/α-hetero) is 1. The first-order valence-corrected chi connectivity index (χ1v) is 7.25. The van der Waals surface area contributed by atoms with Gasteiger partial charge >= 0.3 is 5.97 Å². The fourth-order valence-electron chi connectivity index (χ4n) is 2.64. The molecule has 1 rings (SSSR count). The van der Waals surface area contributed by atoms with E-state index in [4.69, 9.17) is 4.84 Å². The standard InChI is InChI=1S/C16H23NO5/c1-5-7-10(17-22-8-6-2)12-11(18)9-16(3,4)13(14(12)19)15(20)21/h6,13,19H,2,5,7-9H2,1,3-4H3,(H,20,21)/b17-10-. The summed E-state index contributed by atoms with van der Waals surface area (Å²) in [6, 6.07) is 0. The highest BCUT2D eigenvalue weighted by molar-refractivity contribution is 6.23. The van der Waals surface area contributed by atoms with Crippen LogP contribution in [0.2, 0.25) is 0 Å². The van der Waals surface area contributed by atoms with Crippen molar-refractivity contribution < 1.29 is 24.6 Å². The van der Waals surface area contributed by atoms with Crippen LogP contribution >= 0.6 is 0 Å². The largest absolute Gasteiger partial charge is 0.511 e. The minimum Gasteiger partial charge on any atom is -0.511 e. The minimum absolute atomic E-state index is 0.0161. The van der Waals surface area contributed by atoms with E-state index in [0.29, 0.717) is 12.8 Å². The lowest BCUT2D eigenvalue weighted by atomic mass is 9.67. The molecule has 6 heteroatoms. The van der Waals surface area contributed by atoms with Gasteiger partial charge in [0.1, 0.15) is 18.3 Å². The number of carboxylic acid groups (broad SMARTS) is 1. The Labute approximate surface area is 130 Å². The molecule has 0 heterocycles. The van der Waals surface area contributed by atoms with Crippen molar-refractivity contribution >= 4 is 17.5 Å². The van der Waals surface area contributed by atoms with Crippen molar-refractivity contribution in [3.63, 3.8) is 0 Å². The van der Waals surface area contributed by atoms with Crippen LogP contribution in [0.25, 0.3) is 0 Å². The number of nitrogens with zero attached hydrogens (tertiary/aromatic N) is 1. The number of carboxylic acids is 1. The Morgan fingerprint density at radius 3 is 2.68 bits per heavy atom. The van der Waals surface area contributed by atoms with E-state index in [0.717, 1.165) is 0 Å². The number of ketones is 1. The number of aliphatic hydroxyl groups is 1. The van der Waals surface area contributed by atoms with Crippen molar-refractivity contribution in [2.75, 3.05) is 6.61 Å². The summed E-state index contributed by atoms with van der Waals surface area (Å²) in [5, 5.41) is 23.6. The van der Waals surface area contributed by atoms with E-state index in [1.807, 2.05) is 6.92 Å². The summed E-state index contributed by atoms with van der Waals surface area (Å²) in [6.07, 6.45) is 2.64. The fraction of sp³-hybridized carbons (Fsp3) is 0.562. The van der Waals surface area contributed by atoms with E-state index in [1.54, 1.807) is 13.8 Å². The van der Waals surface area contributed by atoms with Gasteiger partial charge in [0.05, 0.1) is 11.3 Å². The number of carbonyl (C=O) groups excluding carboxylic acids is 1. The number of allylic oxidation sites excluding steroid dienone is 1. The third kappa shape index (κ3) is 3.75. The molecule has 1 aliphatic carbocycles. The molecule has 122 valence electrons. The predicted octanol–water partition coefficient (Wildman–Crippen LogP) is 2.86. The number of hydrogen-bond acceptors (Lipinski definition) is 5. The topological polar surface area (TPSA) is 96.2 Å². The molecule has 0 aromatic carbocycles. The average Bonchev–Trinajstić information content (AvgIpc) is 2.36. The van der Waals surface area contributed by atoms with Gasteiger partial charge in [-0.15, -0.1) is 0 Å². The molecule has 0 saturated heterocycles. The van der Waals surface area contributed by atoms with Gasteiger partial charge in [-0.2, -0.15) is 0 Å². The van der Waals surface area contributed by atoms with Crippen LogP contribution in [-0.4, -0.2) is 34.3 Å². The summed E-state index contributed by atoms with van der Waals surface area (Å²) >= 11 is 0. The van der Waals surface area contributed by atoms with Gasteiger partial charge in [0, 0.05) is 6.42 Å². The summed E-state index contributed by atoms with van der Waals surface area (Å²) in [4.78, 5) is 28.9. The van der Waals surface area contributed by atoms with E-state index in [-0.39, 0.29) is 30.1 Å². The third-order valence-electron chi connectivity index (χ3n) is 3.60. The van der Waals surface area contributed by atoms with Crippen molar-refractivity contribution in [2.45, 2.75) is 40.0 Å². The summed E-state index contributed by atoms with van der Waals surface area (Å²) in [6.45, 7) is 8.87. The number of hydrogen-bond donors (Lipinski definition) is 2. The van der Waals surface area contributed by atoms with Gasteiger partial charge in [-0.1, -0.05) is 45.0 Å². The molecule has 1 aliphatic rings. The Balaban J connectivity index is 3.34. The second kappa shape index (κ2) is 7.24. The summed E-state index contributed by atoms with van der Waals surface area (Å²) in [5.41, 5.74) is -0.582. The zero-order valence-corrected chi connectivity index (χ0v) is 13.3. The van der Waals surface area contributed by atoms with Gasteiger partial charge in [0.15, 0.2) is 5.78 Å². The maximum Gasteiger partial charge on any atom is 0.314 e. The van der Waals surface area contributed by atoms with Crippen LogP contribution in [0.3, 0.4) is 0 Å². The highest BCUT2D eigenvalue weighted by atomic mass is 16.6. The Kier molecular flexibility index (Phi) is 5.91. The Hall–Kier alpha value is -2.11. The van der Waals surface area contributed by atoms with Crippen molar-refractivity contribution in [1.82, 2.24) is 0 Å². The van der Waals surface area contributed by atoms with Gasteiger partial charge in [-0.25, -0.2) is 0 Å². The summed E-state index contributed by atoms with van der Waals surface area (Å²) in [5.74, 6) is -3.03. The van der Waals surface area contributed by atoms with Crippen LogP contribution in [0, 0.1) is 11.3 Å². The van der Waals surface area contributed by atoms with Gasteiger partial charge < -0.3 is 15.1 Å². The quantitative estimate of drug-likeness (QED) is 0.326. The first-order valence-electron chi connectivity index (χ1n) is 7.25. The third-order valence-corrected chi connectivity index (χ3v) is 3.60. The van der Waals surface area contributed by atoms with Gasteiger partial charge in [0.2, 0.25) is 0 Å². The number of carbonyl (C=O) groups is 2. The number of aliphatic carboxylic acids is 1. The van der Waals surface area contributed by atoms with E-state index in [1.165, 1.54) is 6.08 Å². The number of oxime groups is 1. The summed E-state index contributed by atoms with van der Waals surface area (Å²) < 4.78 is 0. The predicted molar refractivity (Wildman–Crippen MR) is 82.7 cm³/mol. The smallest absolute Gasteiger partial charge is 0.314 e. The lowest BCUT2D eigenvalue weighted by molar-refractivity contribution is -0.146. The van der Waals surface area contributed by atoms with Crippen molar-refractivity contribution in [3.05, 3.63) is 24.0 Å². The Bertz CT molecular complexity index is 531. The molecular weight excluding hydrogens is 286 g/mol. The SMILES string of the molecule is C=CCO/N=C(/CCC)C1=C(O)C(C(=O)O)C(C)(C)CC1=O. The van der Waals surface area contributed by atoms with Crippen molar-refractivity contribution in [1.29, 1.82) is 0 Å². The molecule has 6 nitrogen and oxygen atoms in total. The highest BCUT2D eigenvalue weighted by Crippen LogP contribution is 2.42. The van der Waals surface area contributed by atoms with Crippen LogP contribution in [0.4, 0.5) is 0 Å². The fourth-order valence-corrected chi connectivity index (χ4v) is 2.64. The molecule has 0 aliphatic heterocycles. The monoisotopic (exact) mass is 309 g/mol. The first-order chi connectivity index (χ1) is 10.3. The maximum atomic E-state index is 12.4. The van der Waals surface area contributed by atoms with E-state index in [9.17, 15) is 19.8 Å². The zero-order valence-electron chi connectivity index (χ0n) is 13.3. The molecule has 0 spiro atoms. The minimum atomic E-state index is -1.16. The Morgan fingerprint density at radius 2 is 2.18 bits per heavy atom. The lowest BCUT2D eigenvalue weighted by Gasteiger charge is -2.35. The average molecular weight is 309 g/mol. The second-order valence-corrected chi connectivity index (χ2v) is 5.99. The van der Waals surface area contributed by atoms with Crippen LogP contribution in [0.5, 0.6) is 0 Å². The molecule has 0 amide bonds. The van der Waals surface area contributed by atoms with Crippen molar-refractivity contribution in [3.8, 4) is 0 Å². The Morgan fingerprint density at radius 1 is 1.55 bits per heavy atom. The van der Waals surface area contributed by atoms with Crippen LogP contribution in [-0.2, 0) is 14.4 Å². The summed E-state index contributed by atoms with van der Waals surface area (Å²) in [7, 11) is 0. The first kappa shape index (κ1) is 17.9. The second-order valence-electron chi connectivity index (χ2n) is 5.99.